The van der Waals surface area contributed by atoms with Gasteiger partial charge in [-0.3, -0.25) is 0 Å². The summed E-state index contributed by atoms with van der Waals surface area (Å²) in [7, 11) is 0. The van der Waals surface area contributed by atoms with Crippen LogP contribution in [0.1, 0.15) is 49.9 Å². The molecule has 0 atom stereocenters. The minimum Gasteiger partial charge on any atom is -0.0622 e. The highest BCUT2D eigenvalue weighted by atomic mass is 14.5. The van der Waals surface area contributed by atoms with Crippen LogP contribution in [0.4, 0.5) is 0 Å². The second kappa shape index (κ2) is 9.65. The molecule has 0 bridgehead atoms. The number of benzene rings is 7. The lowest BCUT2D eigenvalue weighted by Gasteiger charge is -2.28. The summed E-state index contributed by atoms with van der Waals surface area (Å²) < 4.78 is 0. The largest absolute Gasteiger partial charge is 0.0622 e. The van der Waals surface area contributed by atoms with E-state index in [9.17, 15) is 0 Å². The van der Waals surface area contributed by atoms with Crippen LogP contribution in [-0.2, 0) is 10.8 Å². The van der Waals surface area contributed by atoms with Crippen LogP contribution in [0.25, 0.3) is 66.4 Å². The third kappa shape index (κ3) is 3.74. The summed E-state index contributed by atoms with van der Waals surface area (Å²) in [5.74, 6) is 0. The van der Waals surface area contributed by atoms with Crippen molar-refractivity contribution in [1.29, 1.82) is 0 Å². The van der Waals surface area contributed by atoms with Crippen molar-refractivity contribution >= 4 is 10.8 Å². The number of fused-ring (bicyclic) bond motifs is 8. The van der Waals surface area contributed by atoms with Gasteiger partial charge in [0.05, 0.1) is 0 Å². The number of hydrogen-bond acceptors (Lipinski definition) is 0. The summed E-state index contributed by atoms with van der Waals surface area (Å²) in [5.41, 5.74) is 18.7. The first-order valence-electron chi connectivity index (χ1n) is 16.4. The van der Waals surface area contributed by atoms with Gasteiger partial charge in [0.1, 0.15) is 0 Å². The third-order valence-electron chi connectivity index (χ3n) is 10.8. The summed E-state index contributed by atoms with van der Waals surface area (Å²) in [6.07, 6.45) is 0. The van der Waals surface area contributed by atoms with Crippen molar-refractivity contribution in [2.75, 3.05) is 0 Å². The lowest BCUT2D eigenvalue weighted by molar-refractivity contribution is 0.648. The molecule has 0 nitrogen and oxygen atoms in total. The molecule has 0 aliphatic heterocycles. The molecule has 0 N–H and O–H groups in total. The van der Waals surface area contributed by atoms with Crippen molar-refractivity contribution in [3.63, 3.8) is 0 Å². The predicted octanol–water partition coefficient (Wildman–Crippen LogP) is 12.5. The van der Waals surface area contributed by atoms with E-state index in [1.54, 1.807) is 0 Å². The lowest BCUT2D eigenvalue weighted by Crippen LogP contribution is -2.18. The molecule has 7 aromatic carbocycles. The average Bonchev–Trinajstić information content (AvgIpc) is 3.47. The zero-order valence-corrected chi connectivity index (χ0v) is 26.9. The molecule has 7 aromatic rings. The van der Waals surface area contributed by atoms with Gasteiger partial charge in [-0.15, -0.1) is 0 Å². The van der Waals surface area contributed by atoms with E-state index in [4.69, 9.17) is 0 Å². The van der Waals surface area contributed by atoms with Gasteiger partial charge < -0.3 is 0 Å². The molecule has 0 spiro atoms. The van der Waals surface area contributed by atoms with E-state index in [0.717, 1.165) is 0 Å². The minimum atomic E-state index is -0.130. The average molecular weight is 589 g/mol. The zero-order chi connectivity index (χ0) is 31.2. The molecular weight excluding hydrogens is 553 g/mol. The fourth-order valence-corrected chi connectivity index (χ4v) is 8.57. The second-order valence-corrected chi connectivity index (χ2v) is 14.1. The first-order valence-corrected chi connectivity index (χ1v) is 16.4. The van der Waals surface area contributed by atoms with Gasteiger partial charge in [0.25, 0.3) is 0 Å². The van der Waals surface area contributed by atoms with Gasteiger partial charge in [-0.1, -0.05) is 149 Å². The first kappa shape index (κ1) is 27.1. The van der Waals surface area contributed by atoms with Crippen molar-refractivity contribution in [2.24, 2.45) is 0 Å². The molecule has 0 aromatic heterocycles. The fourth-order valence-electron chi connectivity index (χ4n) is 8.57. The van der Waals surface area contributed by atoms with Crippen molar-refractivity contribution in [1.82, 2.24) is 0 Å². The predicted molar refractivity (Wildman–Crippen MR) is 195 cm³/mol. The molecule has 0 amide bonds. The molecule has 0 fully saturated rings. The molecule has 2 aliphatic carbocycles. The zero-order valence-electron chi connectivity index (χ0n) is 26.9. The van der Waals surface area contributed by atoms with E-state index in [2.05, 4.69) is 173 Å². The van der Waals surface area contributed by atoms with Crippen LogP contribution in [0.2, 0.25) is 0 Å². The van der Waals surface area contributed by atoms with E-state index in [0.29, 0.717) is 0 Å². The molecule has 0 radical (unpaired) electrons. The Hall–Kier alpha value is -5.20. The maximum atomic E-state index is 2.54. The van der Waals surface area contributed by atoms with Gasteiger partial charge in [0.15, 0.2) is 0 Å². The van der Waals surface area contributed by atoms with E-state index < -0.39 is 0 Å². The van der Waals surface area contributed by atoms with E-state index >= 15 is 0 Å². The Morgan fingerprint density at radius 1 is 0.348 bits per heavy atom. The monoisotopic (exact) mass is 588 g/mol. The SMILES string of the molecule is CC1(C)c2ccccc2-c2c1cc(-c1cc(-c3ccccc3)cc(-c3cccc4ccccc34)c1)c1c2C(C)(C)c2ccccc2-1. The van der Waals surface area contributed by atoms with E-state index in [1.807, 2.05) is 0 Å². The lowest BCUT2D eigenvalue weighted by atomic mass is 9.75. The van der Waals surface area contributed by atoms with Crippen molar-refractivity contribution in [2.45, 2.75) is 38.5 Å². The topological polar surface area (TPSA) is 0 Å². The van der Waals surface area contributed by atoms with Gasteiger partial charge in [-0.2, -0.15) is 0 Å². The Labute approximate surface area is 272 Å². The van der Waals surface area contributed by atoms with Crippen molar-refractivity contribution in [3.05, 3.63) is 168 Å². The molecule has 0 heteroatoms. The van der Waals surface area contributed by atoms with Crippen LogP contribution in [0, 0.1) is 0 Å². The summed E-state index contributed by atoms with van der Waals surface area (Å²) in [5, 5.41) is 2.55. The number of rotatable bonds is 3. The Morgan fingerprint density at radius 2 is 0.891 bits per heavy atom. The minimum absolute atomic E-state index is 0.101. The van der Waals surface area contributed by atoms with Crippen LogP contribution < -0.4 is 0 Å². The molecule has 0 unspecified atom stereocenters. The summed E-state index contributed by atoms with van der Waals surface area (Å²) in [4.78, 5) is 0. The Bertz CT molecular complexity index is 2340. The molecular formula is C46H36. The Balaban J connectivity index is 1.41. The van der Waals surface area contributed by atoms with Gasteiger partial charge in [0, 0.05) is 10.8 Å². The normalized spacial score (nSPS) is 14.9. The summed E-state index contributed by atoms with van der Waals surface area (Å²) in [6.45, 7) is 9.67. The van der Waals surface area contributed by atoms with E-state index in [-0.39, 0.29) is 10.8 Å². The van der Waals surface area contributed by atoms with Crippen LogP contribution in [0.15, 0.2) is 146 Å². The van der Waals surface area contributed by atoms with Gasteiger partial charge in [-0.05, 0) is 113 Å². The highest BCUT2D eigenvalue weighted by Gasteiger charge is 2.45. The van der Waals surface area contributed by atoms with Crippen LogP contribution in [-0.4, -0.2) is 0 Å². The van der Waals surface area contributed by atoms with Crippen LogP contribution in [0.5, 0.6) is 0 Å². The Kier molecular flexibility index (Phi) is 5.69. The molecule has 46 heavy (non-hydrogen) atoms. The molecule has 0 saturated heterocycles. The van der Waals surface area contributed by atoms with Gasteiger partial charge in [-0.25, -0.2) is 0 Å². The quantitative estimate of drug-likeness (QED) is 0.193. The second-order valence-electron chi connectivity index (χ2n) is 14.1. The molecule has 2 aliphatic rings. The molecule has 0 saturated carbocycles. The molecule has 220 valence electrons. The van der Waals surface area contributed by atoms with Gasteiger partial charge in [0.2, 0.25) is 0 Å². The number of hydrogen-bond donors (Lipinski definition) is 0. The van der Waals surface area contributed by atoms with Crippen LogP contribution >= 0.6 is 0 Å². The summed E-state index contributed by atoms with van der Waals surface area (Å²) >= 11 is 0. The van der Waals surface area contributed by atoms with Gasteiger partial charge >= 0.3 is 0 Å². The maximum Gasteiger partial charge on any atom is 0.0165 e. The molecule has 9 rings (SSSR count). The highest BCUT2D eigenvalue weighted by Crippen LogP contribution is 2.61. The third-order valence-corrected chi connectivity index (χ3v) is 10.8. The standard InChI is InChI=1S/C46H36/c1-45(2)39-23-12-11-21-37(39)43-41(45)28-38(42-36-20-10-13-24-40(36)46(3,4)44(42)43)33-26-31(29-15-6-5-7-16-29)25-32(27-33)35-22-14-18-30-17-8-9-19-34(30)35/h5-28H,1-4H3. The highest BCUT2D eigenvalue weighted by molar-refractivity contribution is 6.03. The summed E-state index contributed by atoms with van der Waals surface area (Å²) in [6, 6.07) is 54.3. The molecule has 0 heterocycles. The first-order chi connectivity index (χ1) is 22.3. The van der Waals surface area contributed by atoms with Crippen LogP contribution in [0.3, 0.4) is 0 Å². The smallest absolute Gasteiger partial charge is 0.0165 e. The van der Waals surface area contributed by atoms with Crippen molar-refractivity contribution < 1.29 is 0 Å². The van der Waals surface area contributed by atoms with E-state index in [1.165, 1.54) is 88.7 Å². The maximum absolute atomic E-state index is 2.54. The fraction of sp³-hybridized carbons (Fsp3) is 0.130. The Morgan fingerprint density at radius 3 is 1.65 bits per heavy atom. The van der Waals surface area contributed by atoms with Crippen molar-refractivity contribution in [3.8, 4) is 55.6 Å².